The predicted molar refractivity (Wildman–Crippen MR) is 46.7 cm³/mol. The summed E-state index contributed by atoms with van der Waals surface area (Å²) in [4.78, 5) is 3.92. The van der Waals surface area contributed by atoms with Crippen molar-refractivity contribution in [2.75, 3.05) is 7.11 Å². The Morgan fingerprint density at radius 2 is 2.20 bits per heavy atom. The first kappa shape index (κ1) is 8.11. The molecule has 1 aromatic heterocycles. The molecular formula is C7H10OS2. The summed E-state index contributed by atoms with van der Waals surface area (Å²) in [6.07, 6.45) is 0. The van der Waals surface area contributed by atoms with Gasteiger partial charge in [0.2, 0.25) is 0 Å². The van der Waals surface area contributed by atoms with E-state index in [2.05, 4.69) is 19.9 Å². The highest BCUT2D eigenvalue weighted by molar-refractivity contribution is 7.94. The van der Waals surface area contributed by atoms with Gasteiger partial charge in [-0.3, -0.25) is 0 Å². The van der Waals surface area contributed by atoms with E-state index in [4.69, 9.17) is 4.18 Å². The summed E-state index contributed by atoms with van der Waals surface area (Å²) in [6.45, 7) is 4.22. The van der Waals surface area contributed by atoms with Crippen molar-refractivity contribution in [1.82, 2.24) is 0 Å². The lowest BCUT2D eigenvalue weighted by atomic mass is 10.4. The predicted octanol–water partition coefficient (Wildman–Crippen LogP) is 3.02. The Labute approximate surface area is 69.6 Å². The number of hydrogen-bond donors (Lipinski definition) is 0. The summed E-state index contributed by atoms with van der Waals surface area (Å²) in [6, 6.07) is 2.15. The van der Waals surface area contributed by atoms with Gasteiger partial charge in [0.25, 0.3) is 0 Å². The molecule has 0 fully saturated rings. The van der Waals surface area contributed by atoms with Crippen LogP contribution in [0, 0.1) is 13.8 Å². The fourth-order valence-corrected chi connectivity index (χ4v) is 2.42. The highest BCUT2D eigenvalue weighted by Gasteiger charge is 2.01. The van der Waals surface area contributed by atoms with Crippen LogP contribution in [0.5, 0.6) is 0 Å². The molecule has 1 aromatic rings. The number of thiophene rings is 1. The van der Waals surface area contributed by atoms with E-state index in [-0.39, 0.29) is 0 Å². The van der Waals surface area contributed by atoms with Crippen molar-refractivity contribution < 1.29 is 4.18 Å². The van der Waals surface area contributed by atoms with Crippen LogP contribution in [0.25, 0.3) is 0 Å². The van der Waals surface area contributed by atoms with E-state index in [1.165, 1.54) is 26.7 Å². The molecule has 0 aliphatic heterocycles. The first-order chi connectivity index (χ1) is 4.74. The highest BCUT2D eigenvalue weighted by Crippen LogP contribution is 2.29. The Morgan fingerprint density at radius 3 is 2.60 bits per heavy atom. The second-order valence-electron chi connectivity index (χ2n) is 2.03. The molecule has 1 nitrogen and oxygen atoms in total. The van der Waals surface area contributed by atoms with Crippen LogP contribution in [0.3, 0.4) is 0 Å². The zero-order chi connectivity index (χ0) is 7.56. The van der Waals surface area contributed by atoms with Crippen LogP contribution in [0.2, 0.25) is 0 Å². The Balaban J connectivity index is 2.81. The lowest BCUT2D eigenvalue weighted by molar-refractivity contribution is 0.490. The summed E-state index contributed by atoms with van der Waals surface area (Å²) < 4.78 is 4.95. The van der Waals surface area contributed by atoms with Crippen LogP contribution in [-0.4, -0.2) is 7.11 Å². The fraction of sp³-hybridized carbons (Fsp3) is 0.429. The van der Waals surface area contributed by atoms with Gasteiger partial charge in [-0.15, -0.1) is 11.3 Å². The zero-order valence-electron chi connectivity index (χ0n) is 6.30. The summed E-state index contributed by atoms with van der Waals surface area (Å²) in [5, 5.41) is 0. The lowest BCUT2D eigenvalue weighted by Gasteiger charge is -1.92. The Kier molecular flexibility index (Phi) is 2.77. The van der Waals surface area contributed by atoms with Crippen molar-refractivity contribution in [2.24, 2.45) is 0 Å². The standard InChI is InChI=1S/C7H10OS2/c1-5-4-7(10-8-3)6(2)9-5/h4H,1-3H3. The minimum atomic E-state index is 1.24. The summed E-state index contributed by atoms with van der Waals surface area (Å²) in [7, 11) is 1.69. The Morgan fingerprint density at radius 1 is 1.50 bits per heavy atom. The maximum absolute atomic E-state index is 4.95. The topological polar surface area (TPSA) is 9.23 Å². The highest BCUT2D eigenvalue weighted by atomic mass is 32.2. The van der Waals surface area contributed by atoms with Gasteiger partial charge in [-0.05, 0) is 19.9 Å². The summed E-state index contributed by atoms with van der Waals surface area (Å²) >= 11 is 3.24. The lowest BCUT2D eigenvalue weighted by Crippen LogP contribution is -1.68. The van der Waals surface area contributed by atoms with E-state index < -0.39 is 0 Å². The Bertz CT molecular complexity index is 217. The van der Waals surface area contributed by atoms with Gasteiger partial charge < -0.3 is 4.18 Å². The second-order valence-corrected chi connectivity index (χ2v) is 4.43. The number of aryl methyl sites for hydroxylation is 2. The van der Waals surface area contributed by atoms with Crippen molar-refractivity contribution in [1.29, 1.82) is 0 Å². The van der Waals surface area contributed by atoms with Crippen molar-refractivity contribution in [3.8, 4) is 0 Å². The van der Waals surface area contributed by atoms with Crippen LogP contribution < -0.4 is 0 Å². The Hall–Kier alpha value is 0.01000. The molecule has 0 amide bonds. The van der Waals surface area contributed by atoms with E-state index in [9.17, 15) is 0 Å². The molecule has 56 valence electrons. The van der Waals surface area contributed by atoms with E-state index in [0.29, 0.717) is 0 Å². The van der Waals surface area contributed by atoms with Crippen molar-refractivity contribution >= 4 is 23.4 Å². The monoisotopic (exact) mass is 174 g/mol. The molecule has 1 rings (SSSR count). The van der Waals surface area contributed by atoms with Crippen LogP contribution >= 0.6 is 23.4 Å². The molecule has 10 heavy (non-hydrogen) atoms. The minimum Gasteiger partial charge on any atom is -0.314 e. The molecule has 0 radical (unpaired) electrons. The van der Waals surface area contributed by atoms with E-state index in [1.807, 2.05) is 11.3 Å². The molecule has 0 spiro atoms. The van der Waals surface area contributed by atoms with E-state index in [0.717, 1.165) is 0 Å². The molecule has 0 N–H and O–H groups in total. The molecule has 0 bridgehead atoms. The average molecular weight is 174 g/mol. The van der Waals surface area contributed by atoms with Gasteiger partial charge in [0.1, 0.15) is 0 Å². The van der Waals surface area contributed by atoms with Gasteiger partial charge in [0, 0.05) is 26.7 Å². The molecule has 0 aliphatic carbocycles. The smallest absolute Gasteiger partial charge is 0.0508 e. The zero-order valence-corrected chi connectivity index (χ0v) is 7.94. The van der Waals surface area contributed by atoms with Gasteiger partial charge in [0.15, 0.2) is 0 Å². The van der Waals surface area contributed by atoms with Crippen molar-refractivity contribution in [3.05, 3.63) is 15.8 Å². The summed E-state index contributed by atoms with van der Waals surface area (Å²) in [5.74, 6) is 0. The van der Waals surface area contributed by atoms with Crippen LogP contribution in [0.15, 0.2) is 11.0 Å². The van der Waals surface area contributed by atoms with Crippen molar-refractivity contribution in [3.63, 3.8) is 0 Å². The van der Waals surface area contributed by atoms with Crippen LogP contribution in [0.4, 0.5) is 0 Å². The largest absolute Gasteiger partial charge is 0.314 e. The SMILES string of the molecule is COSc1cc(C)sc1C. The molecule has 0 saturated carbocycles. The van der Waals surface area contributed by atoms with Gasteiger partial charge in [0.05, 0.1) is 7.11 Å². The average Bonchev–Trinajstić information content (AvgIpc) is 2.13. The number of hydrogen-bond acceptors (Lipinski definition) is 3. The molecule has 0 atom stereocenters. The molecule has 1 heterocycles. The van der Waals surface area contributed by atoms with Crippen LogP contribution in [0.1, 0.15) is 9.75 Å². The third kappa shape index (κ3) is 1.75. The molecule has 0 unspecified atom stereocenters. The molecule has 0 aromatic carbocycles. The fourth-order valence-electron chi connectivity index (χ4n) is 0.780. The van der Waals surface area contributed by atoms with Gasteiger partial charge in [-0.2, -0.15) is 0 Å². The first-order valence-corrected chi connectivity index (χ1v) is 4.57. The van der Waals surface area contributed by atoms with Crippen molar-refractivity contribution in [2.45, 2.75) is 18.7 Å². The molecule has 0 saturated heterocycles. The molecular weight excluding hydrogens is 164 g/mol. The van der Waals surface area contributed by atoms with E-state index >= 15 is 0 Å². The molecule has 3 heteroatoms. The van der Waals surface area contributed by atoms with Gasteiger partial charge in [-0.1, -0.05) is 0 Å². The third-order valence-corrected chi connectivity index (χ3v) is 3.03. The normalized spacial score (nSPS) is 10.3. The summed E-state index contributed by atoms with van der Waals surface area (Å²) in [5.41, 5.74) is 0. The van der Waals surface area contributed by atoms with Gasteiger partial charge in [-0.25, -0.2) is 0 Å². The maximum atomic E-state index is 4.95. The first-order valence-electron chi connectivity index (χ1n) is 3.01. The van der Waals surface area contributed by atoms with Gasteiger partial charge >= 0.3 is 0 Å². The number of rotatable bonds is 2. The second kappa shape index (κ2) is 3.42. The minimum absolute atomic E-state index is 1.24. The van der Waals surface area contributed by atoms with E-state index in [1.54, 1.807) is 7.11 Å². The maximum Gasteiger partial charge on any atom is 0.0508 e. The molecule has 0 aliphatic rings. The third-order valence-electron chi connectivity index (χ3n) is 1.17. The van der Waals surface area contributed by atoms with Crippen LogP contribution in [-0.2, 0) is 4.18 Å². The quantitative estimate of drug-likeness (QED) is 0.637.